The smallest absolute Gasteiger partial charge is 0.225 e. The van der Waals surface area contributed by atoms with E-state index in [2.05, 4.69) is 15.0 Å². The van der Waals surface area contributed by atoms with E-state index in [1.54, 1.807) is 11.3 Å². The van der Waals surface area contributed by atoms with E-state index in [1.807, 2.05) is 22.1 Å². The summed E-state index contributed by atoms with van der Waals surface area (Å²) in [6.07, 6.45) is 3.67. The maximum Gasteiger partial charge on any atom is 0.225 e. The number of carbonyl (C=O) groups excluding carboxylic acids is 1. The van der Waals surface area contributed by atoms with Crippen LogP contribution in [0.25, 0.3) is 0 Å². The van der Waals surface area contributed by atoms with Gasteiger partial charge in [0.05, 0.1) is 41.7 Å². The van der Waals surface area contributed by atoms with E-state index in [-0.39, 0.29) is 18.0 Å². The van der Waals surface area contributed by atoms with Gasteiger partial charge in [-0.1, -0.05) is 0 Å². The molecule has 0 radical (unpaired) electrons. The molecule has 23 heavy (non-hydrogen) atoms. The molecule has 0 aromatic carbocycles. The zero-order valence-corrected chi connectivity index (χ0v) is 13.5. The zero-order valence-electron chi connectivity index (χ0n) is 12.6. The Morgan fingerprint density at radius 1 is 1.35 bits per heavy atom. The SMILES string of the molecule is Cc1nc(CN2C(=O)C[C@H]3[C@@H]2CCN3c2ncc(F)cn2)cs1. The van der Waals surface area contributed by atoms with E-state index in [9.17, 15) is 9.18 Å². The summed E-state index contributed by atoms with van der Waals surface area (Å²) in [6.45, 7) is 3.30. The molecule has 2 saturated heterocycles. The van der Waals surface area contributed by atoms with Crippen LogP contribution in [0.15, 0.2) is 17.8 Å². The number of aromatic nitrogens is 3. The number of aryl methyl sites for hydroxylation is 1. The molecule has 2 aliphatic rings. The first-order valence-electron chi connectivity index (χ1n) is 7.56. The second kappa shape index (κ2) is 5.52. The normalized spacial score (nSPS) is 23.7. The van der Waals surface area contributed by atoms with E-state index in [1.165, 1.54) is 12.4 Å². The highest BCUT2D eigenvalue weighted by Crippen LogP contribution is 2.35. The highest BCUT2D eigenvalue weighted by Gasteiger charge is 2.47. The van der Waals surface area contributed by atoms with Gasteiger partial charge in [-0.05, 0) is 13.3 Å². The fraction of sp³-hybridized carbons (Fsp3) is 0.467. The summed E-state index contributed by atoms with van der Waals surface area (Å²) in [5.74, 6) is 0.183. The Balaban J connectivity index is 1.53. The van der Waals surface area contributed by atoms with Gasteiger partial charge in [0.2, 0.25) is 11.9 Å². The molecule has 2 atom stereocenters. The molecule has 1 amide bonds. The fourth-order valence-electron chi connectivity index (χ4n) is 3.49. The largest absolute Gasteiger partial charge is 0.335 e. The molecule has 2 aromatic rings. The van der Waals surface area contributed by atoms with Crippen molar-refractivity contribution in [1.29, 1.82) is 0 Å². The van der Waals surface area contributed by atoms with Crippen LogP contribution >= 0.6 is 11.3 Å². The molecule has 0 aliphatic carbocycles. The molecule has 0 bridgehead atoms. The van der Waals surface area contributed by atoms with Crippen LogP contribution in [0.1, 0.15) is 23.5 Å². The predicted molar refractivity (Wildman–Crippen MR) is 83.5 cm³/mol. The Labute approximate surface area is 137 Å². The highest BCUT2D eigenvalue weighted by atomic mass is 32.1. The van der Waals surface area contributed by atoms with Gasteiger partial charge in [-0.25, -0.2) is 19.3 Å². The molecule has 4 heterocycles. The van der Waals surface area contributed by atoms with E-state index >= 15 is 0 Å². The topological polar surface area (TPSA) is 62.2 Å². The standard InChI is InChI=1S/C15H16FN5OS/c1-9-19-11(8-23-9)7-21-12-2-3-20(13(12)4-14(21)22)15-17-5-10(16)6-18-15/h5-6,8,12-13H,2-4,7H2,1H3/t12-,13-/m0/s1. The number of fused-ring (bicyclic) bond motifs is 1. The fourth-order valence-corrected chi connectivity index (χ4v) is 4.09. The lowest BCUT2D eigenvalue weighted by Crippen LogP contribution is -2.37. The molecule has 2 fully saturated rings. The molecule has 6 nitrogen and oxygen atoms in total. The van der Waals surface area contributed by atoms with Crippen LogP contribution in [-0.4, -0.2) is 44.4 Å². The molecular formula is C15H16FN5OS. The van der Waals surface area contributed by atoms with Crippen LogP contribution in [-0.2, 0) is 11.3 Å². The van der Waals surface area contributed by atoms with Gasteiger partial charge >= 0.3 is 0 Å². The molecular weight excluding hydrogens is 317 g/mol. The summed E-state index contributed by atoms with van der Waals surface area (Å²) in [5, 5.41) is 3.02. The van der Waals surface area contributed by atoms with Crippen LogP contribution in [0.4, 0.5) is 10.3 Å². The Morgan fingerprint density at radius 3 is 2.83 bits per heavy atom. The van der Waals surface area contributed by atoms with Crippen molar-refractivity contribution in [3.63, 3.8) is 0 Å². The number of anilines is 1. The average Bonchev–Trinajstić information content (AvgIpc) is 3.19. The van der Waals surface area contributed by atoms with Crippen molar-refractivity contribution >= 4 is 23.2 Å². The maximum atomic E-state index is 13.0. The van der Waals surface area contributed by atoms with Gasteiger partial charge in [0.25, 0.3) is 0 Å². The number of hydrogen-bond acceptors (Lipinski definition) is 6. The number of rotatable bonds is 3. The van der Waals surface area contributed by atoms with E-state index in [0.29, 0.717) is 18.9 Å². The highest BCUT2D eigenvalue weighted by molar-refractivity contribution is 7.09. The van der Waals surface area contributed by atoms with E-state index in [0.717, 1.165) is 23.7 Å². The third kappa shape index (κ3) is 2.56. The molecule has 0 unspecified atom stereocenters. The third-order valence-electron chi connectivity index (χ3n) is 4.48. The summed E-state index contributed by atoms with van der Waals surface area (Å²) < 4.78 is 13.0. The molecule has 4 rings (SSSR count). The number of halogens is 1. The van der Waals surface area contributed by atoms with Crippen LogP contribution in [0.5, 0.6) is 0 Å². The Bertz CT molecular complexity index is 734. The van der Waals surface area contributed by atoms with Gasteiger partial charge in [0.15, 0.2) is 5.82 Å². The monoisotopic (exact) mass is 333 g/mol. The summed E-state index contributed by atoms with van der Waals surface area (Å²) in [5.41, 5.74) is 0.943. The van der Waals surface area contributed by atoms with Crippen molar-refractivity contribution < 1.29 is 9.18 Å². The summed E-state index contributed by atoms with van der Waals surface area (Å²) in [6, 6.07) is 0.214. The quantitative estimate of drug-likeness (QED) is 0.856. The predicted octanol–water partition coefficient (Wildman–Crippen LogP) is 1.76. The Kier molecular flexibility index (Phi) is 3.48. The van der Waals surface area contributed by atoms with E-state index < -0.39 is 5.82 Å². The van der Waals surface area contributed by atoms with Crippen molar-refractivity contribution in [1.82, 2.24) is 19.9 Å². The first-order valence-corrected chi connectivity index (χ1v) is 8.44. The van der Waals surface area contributed by atoms with Crippen LogP contribution in [0.3, 0.4) is 0 Å². The zero-order chi connectivity index (χ0) is 16.0. The summed E-state index contributed by atoms with van der Waals surface area (Å²) in [4.78, 5) is 28.9. The van der Waals surface area contributed by atoms with Crippen LogP contribution < -0.4 is 4.90 Å². The van der Waals surface area contributed by atoms with Gasteiger partial charge in [-0.2, -0.15) is 0 Å². The molecule has 2 aromatic heterocycles. The minimum absolute atomic E-state index is 0.0627. The van der Waals surface area contributed by atoms with Crippen molar-refractivity contribution in [2.24, 2.45) is 0 Å². The van der Waals surface area contributed by atoms with Crippen LogP contribution in [0, 0.1) is 12.7 Å². The summed E-state index contributed by atoms with van der Waals surface area (Å²) >= 11 is 1.60. The van der Waals surface area contributed by atoms with Gasteiger partial charge < -0.3 is 9.80 Å². The Morgan fingerprint density at radius 2 is 2.13 bits per heavy atom. The Hall–Kier alpha value is -2.09. The average molecular weight is 333 g/mol. The molecule has 0 saturated carbocycles. The lowest BCUT2D eigenvalue weighted by atomic mass is 10.1. The third-order valence-corrected chi connectivity index (χ3v) is 5.30. The second-order valence-electron chi connectivity index (χ2n) is 5.90. The van der Waals surface area contributed by atoms with Crippen molar-refractivity contribution in [2.45, 2.75) is 38.4 Å². The second-order valence-corrected chi connectivity index (χ2v) is 6.96. The van der Waals surface area contributed by atoms with E-state index in [4.69, 9.17) is 0 Å². The number of amides is 1. The molecule has 8 heteroatoms. The van der Waals surface area contributed by atoms with Gasteiger partial charge in [0, 0.05) is 18.3 Å². The number of hydrogen-bond donors (Lipinski definition) is 0. The number of likely N-dealkylation sites (tertiary alicyclic amines) is 1. The van der Waals surface area contributed by atoms with Crippen LogP contribution in [0.2, 0.25) is 0 Å². The number of carbonyl (C=O) groups is 1. The summed E-state index contributed by atoms with van der Waals surface area (Å²) in [7, 11) is 0. The number of thiazole rings is 1. The van der Waals surface area contributed by atoms with Gasteiger partial charge in [-0.3, -0.25) is 4.79 Å². The number of nitrogens with zero attached hydrogens (tertiary/aromatic N) is 5. The maximum absolute atomic E-state index is 13.0. The molecule has 2 aliphatic heterocycles. The van der Waals surface area contributed by atoms with Gasteiger partial charge in [0.1, 0.15) is 0 Å². The first-order chi connectivity index (χ1) is 11.1. The molecule has 0 spiro atoms. The molecule has 120 valence electrons. The minimum atomic E-state index is -0.451. The molecule has 0 N–H and O–H groups in total. The van der Waals surface area contributed by atoms with Gasteiger partial charge in [-0.15, -0.1) is 11.3 Å². The van der Waals surface area contributed by atoms with Crippen molar-refractivity contribution in [3.8, 4) is 0 Å². The lowest BCUT2D eigenvalue weighted by molar-refractivity contribution is -0.129. The first kappa shape index (κ1) is 14.5. The minimum Gasteiger partial charge on any atom is -0.335 e. The lowest BCUT2D eigenvalue weighted by Gasteiger charge is -2.24. The van der Waals surface area contributed by atoms with Crippen molar-refractivity contribution in [2.75, 3.05) is 11.4 Å². The van der Waals surface area contributed by atoms with Crippen molar-refractivity contribution in [3.05, 3.63) is 34.3 Å².